The van der Waals surface area contributed by atoms with Gasteiger partial charge in [0.05, 0.1) is 12.3 Å². The summed E-state index contributed by atoms with van der Waals surface area (Å²) in [5, 5.41) is 6.88. The molecule has 1 rings (SSSR count). The van der Waals surface area contributed by atoms with Gasteiger partial charge in [-0.3, -0.25) is 0 Å². The molecule has 0 aromatic heterocycles. The molecule has 1 aliphatic heterocycles. The Kier molecular flexibility index (Phi) is 7.71. The lowest BCUT2D eigenvalue weighted by Gasteiger charge is -2.24. The Balaban J connectivity index is 2.71. The highest BCUT2D eigenvalue weighted by atomic mass is 16.6. The number of rotatable bonds is 5. The van der Waals surface area contributed by atoms with Crippen LogP contribution >= 0.6 is 0 Å². The number of likely N-dealkylation sites (tertiary alicyclic amines) is 1. The van der Waals surface area contributed by atoms with E-state index in [1.807, 2.05) is 27.7 Å². The summed E-state index contributed by atoms with van der Waals surface area (Å²) in [5.41, 5.74) is -0.427. The van der Waals surface area contributed by atoms with Gasteiger partial charge in [0.15, 0.2) is 0 Å². The molecule has 1 heterocycles. The molecule has 1 N–H and O–H groups in total. The number of carbonyl (C=O) groups is 2. The number of nitrogens with one attached hydrogen (secondary N) is 1. The minimum atomic E-state index is -0.569. The van der Waals surface area contributed by atoms with Crippen LogP contribution in [0.25, 0.3) is 0 Å². The number of nitrogens with zero attached hydrogens (tertiary/aromatic N) is 2. The number of hydrogen-bond donors (Lipinski definition) is 1. The maximum absolute atomic E-state index is 12.3. The van der Waals surface area contributed by atoms with E-state index in [2.05, 4.69) is 10.5 Å². The van der Waals surface area contributed by atoms with E-state index >= 15 is 0 Å². The van der Waals surface area contributed by atoms with Crippen LogP contribution < -0.4 is 5.32 Å². The summed E-state index contributed by atoms with van der Waals surface area (Å²) in [5.74, 6) is -0.146. The first-order chi connectivity index (χ1) is 11.9. The fourth-order valence-corrected chi connectivity index (χ4v) is 2.25. The molecular weight excluding hydrogens is 338 g/mol. The summed E-state index contributed by atoms with van der Waals surface area (Å²) in [6, 6.07) is 0. The maximum atomic E-state index is 12.3. The Morgan fingerprint density at radius 2 is 1.77 bits per heavy atom. The lowest BCUT2D eigenvalue weighted by Crippen LogP contribution is -2.38. The van der Waals surface area contributed by atoms with E-state index in [4.69, 9.17) is 14.3 Å². The average molecular weight is 371 g/mol. The lowest BCUT2D eigenvalue weighted by atomic mass is 10.1. The Hall–Kier alpha value is -1.99. The van der Waals surface area contributed by atoms with E-state index < -0.39 is 23.4 Å². The van der Waals surface area contributed by atoms with Gasteiger partial charge < -0.3 is 24.5 Å². The lowest BCUT2D eigenvalue weighted by molar-refractivity contribution is 0.0292. The second-order valence-corrected chi connectivity index (χ2v) is 8.36. The van der Waals surface area contributed by atoms with Crippen molar-refractivity contribution in [3.05, 3.63) is 0 Å². The Morgan fingerprint density at radius 3 is 2.31 bits per heavy atom. The summed E-state index contributed by atoms with van der Waals surface area (Å²) >= 11 is 0. The average Bonchev–Trinajstić information content (AvgIpc) is 2.85. The van der Waals surface area contributed by atoms with Gasteiger partial charge >= 0.3 is 12.2 Å². The standard InChI is InChI=1S/C18H33N3O5/c1-8-9-24-20-14-12-21(16(23)26-18(5,6)7)11-13(14)10-19-15(22)25-17(2,3)4/h13H,8-12H2,1-7H3,(H,19,22)/b20-14+. The molecule has 0 bridgehead atoms. The Labute approximate surface area is 156 Å². The van der Waals surface area contributed by atoms with E-state index in [1.165, 1.54) is 0 Å². The maximum Gasteiger partial charge on any atom is 0.410 e. The summed E-state index contributed by atoms with van der Waals surface area (Å²) in [6.45, 7) is 14.4. The smallest absolute Gasteiger partial charge is 0.410 e. The van der Waals surface area contributed by atoms with Gasteiger partial charge in [0.1, 0.15) is 17.8 Å². The van der Waals surface area contributed by atoms with Crippen molar-refractivity contribution < 1.29 is 23.9 Å². The number of amides is 2. The van der Waals surface area contributed by atoms with E-state index in [-0.39, 0.29) is 5.92 Å². The number of ether oxygens (including phenoxy) is 2. The molecule has 26 heavy (non-hydrogen) atoms. The molecule has 0 spiro atoms. The summed E-state index contributed by atoms with van der Waals surface area (Å²) < 4.78 is 10.7. The second-order valence-electron chi connectivity index (χ2n) is 8.36. The fraction of sp³-hybridized carbons (Fsp3) is 0.833. The summed E-state index contributed by atoms with van der Waals surface area (Å²) in [4.78, 5) is 31.0. The highest BCUT2D eigenvalue weighted by Gasteiger charge is 2.35. The van der Waals surface area contributed by atoms with Gasteiger partial charge in [0.2, 0.25) is 0 Å². The van der Waals surface area contributed by atoms with Gasteiger partial charge in [-0.05, 0) is 48.0 Å². The summed E-state index contributed by atoms with van der Waals surface area (Å²) in [7, 11) is 0. The number of alkyl carbamates (subject to hydrolysis) is 1. The number of carbonyl (C=O) groups excluding carboxylic acids is 2. The predicted molar refractivity (Wildman–Crippen MR) is 99.2 cm³/mol. The molecule has 0 aromatic carbocycles. The van der Waals surface area contributed by atoms with Crippen LogP contribution in [0, 0.1) is 5.92 Å². The van der Waals surface area contributed by atoms with Gasteiger partial charge in [-0.15, -0.1) is 0 Å². The third kappa shape index (κ3) is 8.40. The number of oxime groups is 1. The van der Waals surface area contributed by atoms with Crippen LogP contribution in [0.15, 0.2) is 5.16 Å². The minimum absolute atomic E-state index is 0.146. The number of hydrogen-bond acceptors (Lipinski definition) is 6. The first-order valence-corrected chi connectivity index (χ1v) is 9.05. The zero-order valence-corrected chi connectivity index (χ0v) is 17.0. The van der Waals surface area contributed by atoms with E-state index in [9.17, 15) is 9.59 Å². The van der Waals surface area contributed by atoms with E-state index in [1.54, 1.807) is 25.7 Å². The molecule has 0 aromatic rings. The first kappa shape index (κ1) is 22.1. The van der Waals surface area contributed by atoms with Gasteiger partial charge in [0, 0.05) is 19.0 Å². The van der Waals surface area contributed by atoms with Crippen molar-refractivity contribution in [2.45, 2.75) is 66.1 Å². The van der Waals surface area contributed by atoms with Crippen LogP contribution in [0.3, 0.4) is 0 Å². The van der Waals surface area contributed by atoms with Gasteiger partial charge in [-0.1, -0.05) is 12.1 Å². The van der Waals surface area contributed by atoms with E-state index in [0.29, 0.717) is 32.0 Å². The highest BCUT2D eigenvalue weighted by molar-refractivity contribution is 5.94. The van der Waals surface area contributed by atoms with Crippen LogP contribution in [-0.2, 0) is 14.3 Å². The molecule has 8 heteroatoms. The van der Waals surface area contributed by atoms with Crippen molar-refractivity contribution in [3.63, 3.8) is 0 Å². The van der Waals surface area contributed by atoms with Crippen molar-refractivity contribution in [2.75, 3.05) is 26.2 Å². The Morgan fingerprint density at radius 1 is 1.15 bits per heavy atom. The molecule has 2 amide bonds. The zero-order chi connectivity index (χ0) is 20.0. The van der Waals surface area contributed by atoms with Crippen molar-refractivity contribution in [3.8, 4) is 0 Å². The third-order valence-electron chi connectivity index (χ3n) is 3.29. The van der Waals surface area contributed by atoms with Gasteiger partial charge in [-0.25, -0.2) is 9.59 Å². The monoisotopic (exact) mass is 371 g/mol. The van der Waals surface area contributed by atoms with Crippen LogP contribution in [0.2, 0.25) is 0 Å². The molecule has 0 radical (unpaired) electrons. The molecule has 0 saturated carbocycles. The molecule has 150 valence electrons. The molecule has 1 atom stereocenters. The third-order valence-corrected chi connectivity index (χ3v) is 3.29. The fourth-order valence-electron chi connectivity index (χ4n) is 2.25. The second kappa shape index (κ2) is 9.09. The minimum Gasteiger partial charge on any atom is -0.444 e. The predicted octanol–water partition coefficient (Wildman–Crippen LogP) is 3.16. The Bertz CT molecular complexity index is 520. The van der Waals surface area contributed by atoms with Gasteiger partial charge in [0.25, 0.3) is 0 Å². The van der Waals surface area contributed by atoms with Crippen molar-refractivity contribution in [1.29, 1.82) is 0 Å². The van der Waals surface area contributed by atoms with Crippen LogP contribution in [0.1, 0.15) is 54.9 Å². The van der Waals surface area contributed by atoms with Crippen molar-refractivity contribution >= 4 is 17.9 Å². The molecule has 1 saturated heterocycles. The molecule has 1 fully saturated rings. The highest BCUT2D eigenvalue weighted by Crippen LogP contribution is 2.18. The van der Waals surface area contributed by atoms with Crippen LogP contribution in [-0.4, -0.2) is 60.2 Å². The van der Waals surface area contributed by atoms with Gasteiger partial charge in [-0.2, -0.15) is 0 Å². The van der Waals surface area contributed by atoms with Crippen LogP contribution in [0.5, 0.6) is 0 Å². The first-order valence-electron chi connectivity index (χ1n) is 9.05. The zero-order valence-electron chi connectivity index (χ0n) is 17.0. The largest absolute Gasteiger partial charge is 0.444 e. The van der Waals surface area contributed by atoms with E-state index in [0.717, 1.165) is 6.42 Å². The molecule has 1 aliphatic rings. The molecule has 8 nitrogen and oxygen atoms in total. The van der Waals surface area contributed by atoms with Crippen molar-refractivity contribution in [2.24, 2.45) is 11.1 Å². The quantitative estimate of drug-likeness (QED) is 0.592. The topological polar surface area (TPSA) is 89.5 Å². The van der Waals surface area contributed by atoms with Crippen molar-refractivity contribution in [1.82, 2.24) is 10.2 Å². The molecular formula is C18H33N3O5. The molecule has 1 unspecified atom stereocenters. The summed E-state index contributed by atoms with van der Waals surface area (Å²) in [6.07, 6.45) is -0.0598. The molecule has 0 aliphatic carbocycles. The van der Waals surface area contributed by atoms with Crippen LogP contribution in [0.4, 0.5) is 9.59 Å². The SMILES string of the molecule is CCCO/N=C1\CN(C(=O)OC(C)(C)C)CC1CNC(=O)OC(C)(C)C. The normalized spacial score (nSPS) is 19.4.